The van der Waals surface area contributed by atoms with Crippen molar-refractivity contribution in [3.63, 3.8) is 0 Å². The second-order valence-electron chi connectivity index (χ2n) is 10.1. The highest BCUT2D eigenvalue weighted by molar-refractivity contribution is 5.91. The number of ether oxygens (including phenoxy) is 2. The Kier molecular flexibility index (Phi) is 10.00. The molecule has 0 spiro atoms. The van der Waals surface area contributed by atoms with Crippen LogP contribution >= 0.6 is 0 Å². The molecule has 0 bridgehead atoms. The summed E-state index contributed by atoms with van der Waals surface area (Å²) in [5, 5.41) is 4.21. The van der Waals surface area contributed by atoms with Crippen molar-refractivity contribution in [1.29, 1.82) is 0 Å². The van der Waals surface area contributed by atoms with Gasteiger partial charge in [-0.2, -0.15) is 0 Å². The van der Waals surface area contributed by atoms with Crippen LogP contribution in [0.1, 0.15) is 75.5 Å². The summed E-state index contributed by atoms with van der Waals surface area (Å²) in [5.41, 5.74) is 4.77. The first kappa shape index (κ1) is 28.9. The second-order valence-corrected chi connectivity index (χ2v) is 10.1. The number of carbonyl (C=O) groups is 2. The first-order valence-corrected chi connectivity index (χ1v) is 14.2. The van der Waals surface area contributed by atoms with Gasteiger partial charge in [0.2, 0.25) is 5.91 Å². The summed E-state index contributed by atoms with van der Waals surface area (Å²) in [4.78, 5) is 36.5. The predicted octanol–water partition coefficient (Wildman–Crippen LogP) is 6.60. The molecular formula is C32H40N4O4. The number of imidazole rings is 1. The summed E-state index contributed by atoms with van der Waals surface area (Å²) in [6.45, 7) is 6.47. The minimum Gasteiger partial charge on any atom is -0.497 e. The standard InChI is InChI=1S/C32H40N4O4/c1-5-23(37)10-8-7-9-11-29(32-33-20-30(36-32)22-12-14-24(15-13-22)40-6-2)35-31(38)19-26-21(3)34-28-17-16-25(39-4)18-27(26)28/h12-18,20,29,34H,5-11,19H2,1-4H3,(H,33,36)(H,35,38)/t29-/m0/s1. The van der Waals surface area contributed by atoms with Crippen molar-refractivity contribution in [1.82, 2.24) is 20.3 Å². The van der Waals surface area contributed by atoms with E-state index in [4.69, 9.17) is 9.47 Å². The number of nitrogens with zero attached hydrogens (tertiary/aromatic N) is 1. The molecular weight excluding hydrogens is 504 g/mol. The van der Waals surface area contributed by atoms with Crippen LogP contribution in [0.2, 0.25) is 0 Å². The van der Waals surface area contributed by atoms with E-state index in [0.29, 0.717) is 25.2 Å². The van der Waals surface area contributed by atoms with Crippen LogP contribution in [0, 0.1) is 6.92 Å². The summed E-state index contributed by atoms with van der Waals surface area (Å²) in [5.74, 6) is 2.52. The van der Waals surface area contributed by atoms with E-state index in [1.165, 1.54) is 0 Å². The molecule has 0 saturated heterocycles. The summed E-state index contributed by atoms with van der Waals surface area (Å²) < 4.78 is 11.0. The van der Waals surface area contributed by atoms with Gasteiger partial charge < -0.3 is 24.8 Å². The topological polar surface area (TPSA) is 109 Å². The molecule has 0 saturated carbocycles. The van der Waals surface area contributed by atoms with Crippen molar-refractivity contribution in [2.75, 3.05) is 13.7 Å². The molecule has 212 valence electrons. The molecule has 0 fully saturated rings. The number of aromatic nitrogens is 3. The van der Waals surface area contributed by atoms with Gasteiger partial charge in [-0.1, -0.05) is 19.8 Å². The van der Waals surface area contributed by atoms with E-state index in [1.807, 2.05) is 63.2 Å². The van der Waals surface area contributed by atoms with Crippen LogP contribution in [0.3, 0.4) is 0 Å². The Morgan fingerprint density at radius 3 is 2.50 bits per heavy atom. The maximum atomic E-state index is 13.4. The third-order valence-electron chi connectivity index (χ3n) is 7.24. The van der Waals surface area contributed by atoms with Crippen molar-refractivity contribution in [2.24, 2.45) is 0 Å². The highest BCUT2D eigenvalue weighted by Crippen LogP contribution is 2.28. The number of nitrogens with one attached hydrogen (secondary N) is 3. The second kappa shape index (κ2) is 13.8. The zero-order chi connectivity index (χ0) is 28.5. The molecule has 2 heterocycles. The van der Waals surface area contributed by atoms with E-state index >= 15 is 0 Å². The summed E-state index contributed by atoms with van der Waals surface area (Å²) >= 11 is 0. The van der Waals surface area contributed by atoms with Crippen molar-refractivity contribution in [3.8, 4) is 22.8 Å². The van der Waals surface area contributed by atoms with Gasteiger partial charge in [0.15, 0.2) is 0 Å². The molecule has 0 aliphatic carbocycles. The quantitative estimate of drug-likeness (QED) is 0.146. The number of unbranched alkanes of at least 4 members (excludes halogenated alkanes) is 2. The highest BCUT2D eigenvalue weighted by atomic mass is 16.5. The van der Waals surface area contributed by atoms with E-state index in [-0.39, 0.29) is 18.4 Å². The summed E-state index contributed by atoms with van der Waals surface area (Å²) in [6, 6.07) is 13.4. The van der Waals surface area contributed by atoms with Gasteiger partial charge in [0, 0.05) is 29.4 Å². The van der Waals surface area contributed by atoms with E-state index < -0.39 is 0 Å². The average Bonchev–Trinajstić information content (AvgIpc) is 3.57. The third kappa shape index (κ3) is 7.31. The first-order valence-electron chi connectivity index (χ1n) is 14.2. The van der Waals surface area contributed by atoms with Crippen LogP contribution < -0.4 is 14.8 Å². The largest absolute Gasteiger partial charge is 0.497 e. The van der Waals surface area contributed by atoms with Crippen molar-refractivity contribution in [3.05, 3.63) is 65.7 Å². The Balaban J connectivity index is 1.49. The number of aryl methyl sites for hydroxylation is 1. The number of ketones is 1. The number of benzene rings is 2. The Morgan fingerprint density at radius 2 is 1.77 bits per heavy atom. The molecule has 2 aromatic heterocycles. The minimum atomic E-state index is -0.272. The molecule has 0 radical (unpaired) electrons. The van der Waals surface area contributed by atoms with Crippen LogP contribution in [0.15, 0.2) is 48.7 Å². The number of fused-ring (bicyclic) bond motifs is 1. The first-order chi connectivity index (χ1) is 19.4. The number of hydrogen-bond donors (Lipinski definition) is 3. The molecule has 0 unspecified atom stereocenters. The summed E-state index contributed by atoms with van der Waals surface area (Å²) in [6.07, 6.45) is 6.63. The van der Waals surface area contributed by atoms with Gasteiger partial charge in [0.1, 0.15) is 23.1 Å². The number of methoxy groups -OCH3 is 1. The SMILES string of the molecule is CCOc1ccc(-c2cnc([C@H](CCCCCC(=O)CC)NC(=O)Cc3c(C)[nH]c4ccc(OC)cc34)[nH]2)cc1. The molecule has 4 aromatic rings. The Morgan fingerprint density at radius 1 is 1.00 bits per heavy atom. The van der Waals surface area contributed by atoms with Gasteiger partial charge in [0.25, 0.3) is 0 Å². The highest BCUT2D eigenvalue weighted by Gasteiger charge is 2.20. The molecule has 2 aromatic carbocycles. The van der Waals surface area contributed by atoms with Crippen LogP contribution in [-0.2, 0) is 16.0 Å². The Bertz CT molecular complexity index is 1420. The normalized spacial score (nSPS) is 11.9. The van der Waals surface area contributed by atoms with E-state index in [2.05, 4.69) is 20.3 Å². The fourth-order valence-corrected chi connectivity index (χ4v) is 4.98. The lowest BCUT2D eigenvalue weighted by molar-refractivity contribution is -0.121. The van der Waals surface area contributed by atoms with Crippen molar-refractivity contribution in [2.45, 2.75) is 71.8 Å². The lowest BCUT2D eigenvalue weighted by Gasteiger charge is -2.17. The van der Waals surface area contributed by atoms with E-state index in [9.17, 15) is 9.59 Å². The molecule has 1 atom stereocenters. The molecule has 4 rings (SSSR count). The molecule has 3 N–H and O–H groups in total. The summed E-state index contributed by atoms with van der Waals surface area (Å²) in [7, 11) is 1.64. The minimum absolute atomic E-state index is 0.0722. The molecule has 40 heavy (non-hydrogen) atoms. The van der Waals surface area contributed by atoms with Gasteiger partial charge in [0.05, 0.1) is 38.1 Å². The zero-order valence-corrected chi connectivity index (χ0v) is 23.9. The number of carbonyl (C=O) groups excluding carboxylic acids is 2. The van der Waals surface area contributed by atoms with Gasteiger partial charge >= 0.3 is 0 Å². The molecule has 8 heteroatoms. The van der Waals surface area contributed by atoms with Gasteiger partial charge in [-0.25, -0.2) is 4.98 Å². The fourth-order valence-electron chi connectivity index (χ4n) is 4.98. The Labute approximate surface area is 235 Å². The van der Waals surface area contributed by atoms with Gasteiger partial charge in [-0.3, -0.25) is 9.59 Å². The molecule has 8 nitrogen and oxygen atoms in total. The van der Waals surface area contributed by atoms with Gasteiger partial charge in [-0.15, -0.1) is 0 Å². The Hall–Kier alpha value is -4.07. The van der Waals surface area contributed by atoms with Gasteiger partial charge in [-0.05, 0) is 80.3 Å². The zero-order valence-electron chi connectivity index (χ0n) is 23.9. The molecule has 0 aliphatic heterocycles. The maximum Gasteiger partial charge on any atom is 0.225 e. The molecule has 1 amide bonds. The smallest absolute Gasteiger partial charge is 0.225 e. The number of aromatic amines is 2. The van der Waals surface area contributed by atoms with Crippen LogP contribution in [0.25, 0.3) is 22.2 Å². The number of hydrogen-bond acceptors (Lipinski definition) is 5. The monoisotopic (exact) mass is 544 g/mol. The number of Topliss-reactive ketones (excluding diaryl/α,β-unsaturated/α-hetero) is 1. The lowest BCUT2D eigenvalue weighted by atomic mass is 10.0. The van der Waals surface area contributed by atoms with Crippen molar-refractivity contribution < 1.29 is 19.1 Å². The lowest BCUT2D eigenvalue weighted by Crippen LogP contribution is -2.30. The fraction of sp³-hybridized carbons (Fsp3) is 0.406. The third-order valence-corrected chi connectivity index (χ3v) is 7.24. The number of rotatable bonds is 15. The van der Waals surface area contributed by atoms with E-state index in [1.54, 1.807) is 13.3 Å². The van der Waals surface area contributed by atoms with Crippen LogP contribution in [-0.4, -0.2) is 40.4 Å². The van der Waals surface area contributed by atoms with Crippen LogP contribution in [0.5, 0.6) is 11.5 Å². The number of amides is 1. The average molecular weight is 545 g/mol. The molecule has 0 aliphatic rings. The number of H-pyrrole nitrogens is 2. The van der Waals surface area contributed by atoms with E-state index in [0.717, 1.165) is 76.4 Å². The maximum absolute atomic E-state index is 13.4. The van der Waals surface area contributed by atoms with Crippen LogP contribution in [0.4, 0.5) is 0 Å². The van der Waals surface area contributed by atoms with Crippen molar-refractivity contribution >= 4 is 22.6 Å². The predicted molar refractivity (Wildman–Crippen MR) is 158 cm³/mol.